The van der Waals surface area contributed by atoms with Crippen LogP contribution < -0.4 is 9.80 Å². The third kappa shape index (κ3) is 3.74. The summed E-state index contributed by atoms with van der Waals surface area (Å²) in [5.41, 5.74) is 0.332. The molecule has 9 heteroatoms. The molecule has 0 aromatic carbocycles. The van der Waals surface area contributed by atoms with Gasteiger partial charge in [-0.05, 0) is 49.9 Å². The number of alkyl halides is 2. The van der Waals surface area contributed by atoms with Crippen molar-refractivity contribution in [2.75, 3.05) is 36.0 Å². The van der Waals surface area contributed by atoms with E-state index < -0.39 is 12.2 Å². The van der Waals surface area contributed by atoms with Crippen LogP contribution in [0.15, 0.2) is 36.5 Å². The molecule has 0 saturated carbocycles. The molecule has 0 bridgehead atoms. The van der Waals surface area contributed by atoms with E-state index in [0.717, 1.165) is 49.4 Å². The molecule has 0 radical (unpaired) electrons. The second kappa shape index (κ2) is 8.04. The van der Waals surface area contributed by atoms with Gasteiger partial charge in [-0.25, -0.2) is 13.8 Å². The van der Waals surface area contributed by atoms with Crippen molar-refractivity contribution in [3.63, 3.8) is 0 Å². The number of pyridine rings is 1. The molecule has 0 aliphatic carbocycles. The van der Waals surface area contributed by atoms with E-state index in [9.17, 15) is 8.78 Å². The van der Waals surface area contributed by atoms with Crippen LogP contribution >= 0.6 is 0 Å². The minimum Gasteiger partial charge on any atom is -0.357 e. The highest BCUT2D eigenvalue weighted by atomic mass is 19.3. The minimum atomic E-state index is -2.70. The summed E-state index contributed by atoms with van der Waals surface area (Å²) in [7, 11) is 0. The number of aromatic nitrogens is 5. The Kier molecular flexibility index (Phi) is 5.31. The van der Waals surface area contributed by atoms with Crippen molar-refractivity contribution in [1.82, 2.24) is 24.8 Å². The van der Waals surface area contributed by atoms with Gasteiger partial charge in [-0.3, -0.25) is 0 Å². The Labute approximate surface area is 162 Å². The Hall–Kier alpha value is -2.84. The lowest BCUT2D eigenvalue weighted by molar-refractivity contribution is 0.137. The average Bonchev–Trinajstić information content (AvgIpc) is 3.16. The molecule has 0 spiro atoms. The van der Waals surface area contributed by atoms with Gasteiger partial charge in [0.15, 0.2) is 5.65 Å². The summed E-state index contributed by atoms with van der Waals surface area (Å²) in [4.78, 5) is 8.87. The smallest absolute Gasteiger partial charge is 0.299 e. The summed E-state index contributed by atoms with van der Waals surface area (Å²) in [5, 5.41) is 11.7. The minimum absolute atomic E-state index is 0.332. The maximum absolute atomic E-state index is 13.1. The van der Waals surface area contributed by atoms with Crippen molar-refractivity contribution in [3.8, 4) is 0 Å². The van der Waals surface area contributed by atoms with E-state index in [1.165, 1.54) is 0 Å². The second-order valence-electron chi connectivity index (χ2n) is 6.98. The molecule has 0 unspecified atom stereocenters. The number of piperidine rings is 1. The highest BCUT2D eigenvalue weighted by molar-refractivity contribution is 5.46. The molecule has 4 rings (SSSR count). The van der Waals surface area contributed by atoms with Crippen molar-refractivity contribution in [2.24, 2.45) is 5.92 Å². The molecular formula is C19H23F2N7. The second-order valence-corrected chi connectivity index (χ2v) is 6.98. The fourth-order valence-electron chi connectivity index (χ4n) is 3.68. The first-order chi connectivity index (χ1) is 13.7. The van der Waals surface area contributed by atoms with Crippen molar-refractivity contribution in [3.05, 3.63) is 42.4 Å². The maximum atomic E-state index is 13.1. The van der Waals surface area contributed by atoms with Crippen LogP contribution in [-0.4, -0.2) is 51.0 Å². The van der Waals surface area contributed by atoms with Gasteiger partial charge in [0.05, 0.1) is 0 Å². The van der Waals surface area contributed by atoms with Crippen LogP contribution in [0, 0.1) is 5.92 Å². The highest BCUT2D eigenvalue weighted by Crippen LogP contribution is 2.24. The largest absolute Gasteiger partial charge is 0.357 e. The summed E-state index contributed by atoms with van der Waals surface area (Å²) in [5.74, 6) is 1.79. The first-order valence-electron chi connectivity index (χ1n) is 9.57. The Bertz CT molecular complexity index is 907. The predicted octanol–water partition coefficient (Wildman–Crippen LogP) is 3.20. The molecule has 3 aromatic rings. The lowest BCUT2D eigenvalue weighted by Gasteiger charge is -2.35. The summed E-state index contributed by atoms with van der Waals surface area (Å²) in [6.07, 6.45) is 1.23. The number of fused-ring (bicyclic) bond motifs is 1. The number of rotatable bonds is 6. The summed E-state index contributed by atoms with van der Waals surface area (Å²) in [6.45, 7) is 5.58. The molecule has 28 heavy (non-hydrogen) atoms. The third-order valence-corrected chi connectivity index (χ3v) is 5.24. The topological polar surface area (TPSA) is 62.5 Å². The summed E-state index contributed by atoms with van der Waals surface area (Å²) < 4.78 is 27.4. The molecule has 7 nitrogen and oxygen atoms in total. The third-order valence-electron chi connectivity index (χ3n) is 5.24. The molecule has 0 amide bonds. The standard InChI is InChI=1S/C19H23F2N7/c1-2-26(17-7-6-16-23-24-19(18(20)21)28(16)25-17)13-14-8-11-27(12-9-14)15-5-3-4-10-22-15/h3-7,10,14,18H,2,8-9,11-13H2,1H3. The summed E-state index contributed by atoms with van der Waals surface area (Å²) >= 11 is 0. The zero-order valence-corrected chi connectivity index (χ0v) is 15.7. The Morgan fingerprint density at radius 3 is 2.64 bits per heavy atom. The van der Waals surface area contributed by atoms with Crippen LogP contribution in [0.2, 0.25) is 0 Å². The molecule has 3 aromatic heterocycles. The normalized spacial score (nSPS) is 15.5. The Balaban J connectivity index is 1.44. The first kappa shape index (κ1) is 18.5. The monoisotopic (exact) mass is 387 g/mol. The van der Waals surface area contributed by atoms with E-state index in [-0.39, 0.29) is 0 Å². The van der Waals surface area contributed by atoms with Gasteiger partial charge < -0.3 is 9.80 Å². The van der Waals surface area contributed by atoms with Crippen LogP contribution in [0.3, 0.4) is 0 Å². The van der Waals surface area contributed by atoms with E-state index in [2.05, 4.69) is 37.0 Å². The molecule has 0 atom stereocenters. The van der Waals surface area contributed by atoms with Gasteiger partial charge in [-0.15, -0.1) is 15.3 Å². The van der Waals surface area contributed by atoms with Crippen LogP contribution in [-0.2, 0) is 0 Å². The highest BCUT2D eigenvalue weighted by Gasteiger charge is 2.23. The van der Waals surface area contributed by atoms with Crippen LogP contribution in [0.25, 0.3) is 5.65 Å². The zero-order valence-electron chi connectivity index (χ0n) is 15.7. The molecule has 1 aliphatic rings. The zero-order chi connectivity index (χ0) is 19.5. The average molecular weight is 387 g/mol. The van der Waals surface area contributed by atoms with Gasteiger partial charge in [-0.1, -0.05) is 6.07 Å². The van der Waals surface area contributed by atoms with Crippen LogP contribution in [0.4, 0.5) is 20.4 Å². The van der Waals surface area contributed by atoms with Gasteiger partial charge in [0, 0.05) is 32.4 Å². The number of nitrogens with zero attached hydrogens (tertiary/aromatic N) is 7. The van der Waals surface area contributed by atoms with Gasteiger partial charge in [0.2, 0.25) is 5.82 Å². The van der Waals surface area contributed by atoms with Crippen molar-refractivity contribution in [2.45, 2.75) is 26.2 Å². The SMILES string of the molecule is CCN(CC1CCN(c2ccccn2)CC1)c1ccc2nnc(C(F)F)n2n1. The molecule has 0 N–H and O–H groups in total. The van der Waals surface area contributed by atoms with Crippen molar-refractivity contribution >= 4 is 17.3 Å². The fraction of sp³-hybridized carbons (Fsp3) is 0.474. The molecule has 1 aliphatic heterocycles. The Morgan fingerprint density at radius 2 is 1.96 bits per heavy atom. The molecule has 1 saturated heterocycles. The van der Waals surface area contributed by atoms with Gasteiger partial charge >= 0.3 is 0 Å². The lowest BCUT2D eigenvalue weighted by atomic mass is 9.96. The number of halogens is 2. The quantitative estimate of drug-likeness (QED) is 0.647. The van der Waals surface area contributed by atoms with E-state index in [0.29, 0.717) is 17.4 Å². The predicted molar refractivity (Wildman–Crippen MR) is 103 cm³/mol. The lowest BCUT2D eigenvalue weighted by Crippen LogP contribution is -2.39. The van der Waals surface area contributed by atoms with Crippen molar-refractivity contribution in [1.29, 1.82) is 0 Å². The number of hydrogen-bond acceptors (Lipinski definition) is 6. The molecule has 4 heterocycles. The van der Waals surface area contributed by atoms with E-state index in [4.69, 9.17) is 0 Å². The first-order valence-corrected chi connectivity index (χ1v) is 9.57. The maximum Gasteiger partial charge on any atom is 0.299 e. The number of hydrogen-bond donors (Lipinski definition) is 0. The van der Waals surface area contributed by atoms with Gasteiger partial charge in [-0.2, -0.15) is 4.52 Å². The Morgan fingerprint density at radius 1 is 1.14 bits per heavy atom. The van der Waals surface area contributed by atoms with Gasteiger partial charge in [0.25, 0.3) is 6.43 Å². The van der Waals surface area contributed by atoms with E-state index in [1.807, 2.05) is 30.5 Å². The number of anilines is 2. The van der Waals surface area contributed by atoms with Crippen molar-refractivity contribution < 1.29 is 8.78 Å². The molecular weight excluding hydrogens is 364 g/mol. The summed E-state index contributed by atoms with van der Waals surface area (Å²) in [6, 6.07) is 9.49. The molecule has 148 valence electrons. The van der Waals surface area contributed by atoms with E-state index >= 15 is 0 Å². The fourth-order valence-corrected chi connectivity index (χ4v) is 3.68. The van der Waals surface area contributed by atoms with Crippen LogP contribution in [0.1, 0.15) is 32.0 Å². The van der Waals surface area contributed by atoms with Gasteiger partial charge in [0.1, 0.15) is 11.6 Å². The van der Waals surface area contributed by atoms with E-state index in [1.54, 1.807) is 6.07 Å². The molecule has 1 fully saturated rings. The van der Waals surface area contributed by atoms with Crippen LogP contribution in [0.5, 0.6) is 0 Å².